The van der Waals surface area contributed by atoms with Gasteiger partial charge in [0.1, 0.15) is 0 Å². The van der Waals surface area contributed by atoms with Crippen LogP contribution in [0.15, 0.2) is 41.3 Å². The molecule has 2 aliphatic heterocycles. The number of fused-ring (bicyclic) bond motifs is 3. The summed E-state index contributed by atoms with van der Waals surface area (Å²) in [7, 11) is 3.02. The first kappa shape index (κ1) is 18.0. The third-order valence-corrected chi connectivity index (χ3v) is 6.54. The molecule has 0 aliphatic carbocycles. The number of carbonyl (C=O) groups is 2. The SMILES string of the molecule is COc1cc(Cl)c(NC(=O)C23CCC(=O)N2c2ccccc2S3)cc1OC. The van der Waals surface area contributed by atoms with Crippen LogP contribution in [0.3, 0.4) is 0 Å². The normalized spacial score (nSPS) is 20.3. The number of thioether (sulfide) groups is 1. The van der Waals surface area contributed by atoms with Crippen molar-refractivity contribution in [3.63, 3.8) is 0 Å². The Morgan fingerprint density at radius 3 is 2.67 bits per heavy atom. The Bertz CT molecular complexity index is 951. The van der Waals surface area contributed by atoms with Crippen molar-refractivity contribution in [3.05, 3.63) is 41.4 Å². The van der Waals surface area contributed by atoms with Gasteiger partial charge in [0.05, 0.1) is 30.6 Å². The first-order valence-corrected chi connectivity index (χ1v) is 9.53. The minimum atomic E-state index is -1.00. The van der Waals surface area contributed by atoms with E-state index in [4.69, 9.17) is 21.1 Å². The molecule has 1 atom stereocenters. The van der Waals surface area contributed by atoms with E-state index in [-0.39, 0.29) is 11.8 Å². The fraction of sp³-hybridized carbons (Fsp3) is 0.263. The standard InChI is InChI=1S/C19H17ClN2O4S/c1-25-14-9-11(20)12(10-15(14)26-2)21-18(24)19-8-7-17(23)22(19)13-5-3-4-6-16(13)27-19/h3-6,9-10H,7-8H2,1-2H3,(H,21,24). The van der Waals surface area contributed by atoms with Gasteiger partial charge in [0.15, 0.2) is 16.4 Å². The molecule has 6 nitrogen and oxygen atoms in total. The van der Waals surface area contributed by atoms with Crippen molar-refractivity contribution in [1.82, 2.24) is 0 Å². The second-order valence-corrected chi connectivity index (χ2v) is 7.95. The van der Waals surface area contributed by atoms with E-state index in [1.807, 2.05) is 24.3 Å². The number of ether oxygens (including phenoxy) is 2. The smallest absolute Gasteiger partial charge is 0.261 e. The van der Waals surface area contributed by atoms with Crippen LogP contribution in [0.5, 0.6) is 11.5 Å². The van der Waals surface area contributed by atoms with Gasteiger partial charge >= 0.3 is 0 Å². The quantitative estimate of drug-likeness (QED) is 0.836. The summed E-state index contributed by atoms with van der Waals surface area (Å²) >= 11 is 7.71. The van der Waals surface area contributed by atoms with Gasteiger partial charge in [0, 0.05) is 23.4 Å². The van der Waals surface area contributed by atoms with E-state index in [9.17, 15) is 9.59 Å². The summed E-state index contributed by atoms with van der Waals surface area (Å²) in [5.74, 6) is 0.583. The summed E-state index contributed by atoms with van der Waals surface area (Å²) < 4.78 is 10.5. The van der Waals surface area contributed by atoms with Crippen LogP contribution in [0.1, 0.15) is 12.8 Å². The fourth-order valence-electron chi connectivity index (χ4n) is 3.47. The monoisotopic (exact) mass is 404 g/mol. The molecule has 1 fully saturated rings. The van der Waals surface area contributed by atoms with Crippen molar-refractivity contribution >= 4 is 46.6 Å². The largest absolute Gasteiger partial charge is 0.493 e. The maximum atomic E-state index is 13.3. The molecule has 1 N–H and O–H groups in total. The van der Waals surface area contributed by atoms with E-state index >= 15 is 0 Å². The number of benzene rings is 2. The van der Waals surface area contributed by atoms with Crippen LogP contribution in [-0.2, 0) is 9.59 Å². The molecule has 140 valence electrons. The second-order valence-electron chi connectivity index (χ2n) is 6.22. The molecule has 2 aromatic rings. The molecule has 1 saturated heterocycles. The Morgan fingerprint density at radius 2 is 1.93 bits per heavy atom. The molecular weight excluding hydrogens is 388 g/mol. The van der Waals surface area contributed by atoms with Crippen LogP contribution < -0.4 is 19.7 Å². The first-order chi connectivity index (χ1) is 13.0. The van der Waals surface area contributed by atoms with E-state index in [0.29, 0.717) is 35.1 Å². The Hall–Kier alpha value is -2.38. The lowest BCUT2D eigenvalue weighted by Gasteiger charge is -2.29. The topological polar surface area (TPSA) is 67.9 Å². The van der Waals surface area contributed by atoms with Crippen LogP contribution in [0, 0.1) is 0 Å². The number of anilines is 2. The highest BCUT2D eigenvalue weighted by atomic mass is 35.5. The lowest BCUT2D eigenvalue weighted by molar-refractivity contribution is -0.121. The maximum Gasteiger partial charge on any atom is 0.261 e. The molecule has 2 aliphatic rings. The third kappa shape index (κ3) is 2.73. The van der Waals surface area contributed by atoms with Gasteiger partial charge in [0.25, 0.3) is 5.91 Å². The highest BCUT2D eigenvalue weighted by Gasteiger charge is 2.57. The fourth-order valence-corrected chi connectivity index (χ4v) is 5.08. The summed E-state index contributed by atoms with van der Waals surface area (Å²) in [5, 5.41) is 3.20. The number of nitrogens with zero attached hydrogens (tertiary/aromatic N) is 1. The molecule has 4 rings (SSSR count). The average Bonchev–Trinajstić information content (AvgIpc) is 3.19. The summed E-state index contributed by atoms with van der Waals surface area (Å²) in [6.45, 7) is 0. The van der Waals surface area contributed by atoms with Gasteiger partial charge in [0.2, 0.25) is 5.91 Å². The lowest BCUT2D eigenvalue weighted by atomic mass is 10.1. The number of methoxy groups -OCH3 is 2. The molecule has 0 saturated carbocycles. The maximum absolute atomic E-state index is 13.3. The molecule has 0 radical (unpaired) electrons. The van der Waals surface area contributed by atoms with Crippen molar-refractivity contribution in [2.24, 2.45) is 0 Å². The summed E-state index contributed by atoms with van der Waals surface area (Å²) in [6, 6.07) is 10.7. The Labute approximate surface area is 165 Å². The van der Waals surface area contributed by atoms with Gasteiger partial charge in [-0.1, -0.05) is 35.5 Å². The zero-order valence-corrected chi connectivity index (χ0v) is 16.3. The Kier molecular flexibility index (Phi) is 4.44. The number of carbonyl (C=O) groups excluding carboxylic acids is 2. The predicted molar refractivity (Wildman–Crippen MR) is 105 cm³/mol. The number of nitrogens with one attached hydrogen (secondary N) is 1. The molecule has 2 aromatic carbocycles. The number of rotatable bonds is 4. The van der Waals surface area contributed by atoms with Gasteiger partial charge in [-0.2, -0.15) is 0 Å². The lowest BCUT2D eigenvalue weighted by Crippen LogP contribution is -2.49. The van der Waals surface area contributed by atoms with Crippen LogP contribution in [0.25, 0.3) is 0 Å². The molecule has 8 heteroatoms. The van der Waals surface area contributed by atoms with Crippen LogP contribution >= 0.6 is 23.4 Å². The average molecular weight is 405 g/mol. The van der Waals surface area contributed by atoms with Gasteiger partial charge in [-0.05, 0) is 18.6 Å². The second kappa shape index (κ2) is 6.65. The highest BCUT2D eigenvalue weighted by molar-refractivity contribution is 8.02. The Morgan fingerprint density at radius 1 is 1.22 bits per heavy atom. The van der Waals surface area contributed by atoms with Gasteiger partial charge in [-0.15, -0.1) is 0 Å². The molecule has 2 heterocycles. The number of para-hydroxylation sites is 1. The summed E-state index contributed by atoms with van der Waals surface area (Å²) in [6.07, 6.45) is 0.760. The van der Waals surface area contributed by atoms with Crippen molar-refractivity contribution < 1.29 is 19.1 Å². The molecule has 0 bridgehead atoms. The molecule has 0 spiro atoms. The number of halogens is 1. The summed E-state index contributed by atoms with van der Waals surface area (Å²) in [4.78, 5) is 27.3. The van der Waals surface area contributed by atoms with Gasteiger partial charge in [-0.3, -0.25) is 14.5 Å². The molecule has 1 unspecified atom stereocenters. The molecular formula is C19H17ClN2O4S. The Balaban J connectivity index is 1.69. The van der Waals surface area contributed by atoms with E-state index in [0.717, 1.165) is 10.6 Å². The van der Waals surface area contributed by atoms with Crippen molar-refractivity contribution in [2.45, 2.75) is 22.6 Å². The van der Waals surface area contributed by atoms with E-state index < -0.39 is 4.87 Å². The minimum Gasteiger partial charge on any atom is -0.493 e. The number of hydrogen-bond donors (Lipinski definition) is 1. The van der Waals surface area contributed by atoms with E-state index in [2.05, 4.69) is 5.32 Å². The highest BCUT2D eigenvalue weighted by Crippen LogP contribution is 2.56. The summed E-state index contributed by atoms with van der Waals surface area (Å²) in [5.41, 5.74) is 1.18. The van der Waals surface area contributed by atoms with Crippen molar-refractivity contribution in [3.8, 4) is 11.5 Å². The molecule has 2 amide bonds. The zero-order chi connectivity index (χ0) is 19.2. The van der Waals surface area contributed by atoms with Crippen molar-refractivity contribution in [1.29, 1.82) is 0 Å². The predicted octanol–water partition coefficient (Wildman–Crippen LogP) is 3.92. The number of amides is 2. The van der Waals surface area contributed by atoms with Crippen molar-refractivity contribution in [2.75, 3.05) is 24.4 Å². The molecule has 27 heavy (non-hydrogen) atoms. The van der Waals surface area contributed by atoms with E-state index in [1.165, 1.54) is 26.0 Å². The molecule has 0 aromatic heterocycles. The van der Waals surface area contributed by atoms with E-state index in [1.54, 1.807) is 17.0 Å². The first-order valence-electron chi connectivity index (χ1n) is 8.34. The van der Waals surface area contributed by atoms with Crippen LogP contribution in [0.4, 0.5) is 11.4 Å². The minimum absolute atomic E-state index is 0.0546. The van der Waals surface area contributed by atoms with Gasteiger partial charge in [-0.25, -0.2) is 0 Å². The number of hydrogen-bond acceptors (Lipinski definition) is 5. The zero-order valence-electron chi connectivity index (χ0n) is 14.7. The third-order valence-electron chi connectivity index (χ3n) is 4.75. The van der Waals surface area contributed by atoms with Crippen LogP contribution in [0.2, 0.25) is 5.02 Å². The van der Waals surface area contributed by atoms with Crippen LogP contribution in [-0.4, -0.2) is 30.9 Å². The van der Waals surface area contributed by atoms with Gasteiger partial charge < -0.3 is 14.8 Å².